The standard InChI is InChI=1S/C20H17N3O2S2/c1-14-7-12-19(26-14)27(24,25)23-17-10-8-16(9-11-17)22-18-6-2-4-15-5-3-13-21-20(15)18/h2-13,22-23H,1H3. The summed E-state index contributed by atoms with van der Waals surface area (Å²) in [5.74, 6) is 0. The second-order valence-corrected chi connectivity index (χ2v) is 9.25. The minimum Gasteiger partial charge on any atom is -0.354 e. The molecule has 4 aromatic rings. The van der Waals surface area contributed by atoms with Gasteiger partial charge in [0.25, 0.3) is 10.0 Å². The van der Waals surface area contributed by atoms with Gasteiger partial charge in [-0.05, 0) is 55.5 Å². The van der Waals surface area contributed by atoms with Gasteiger partial charge < -0.3 is 5.32 Å². The van der Waals surface area contributed by atoms with Crippen LogP contribution < -0.4 is 10.0 Å². The van der Waals surface area contributed by atoms with E-state index in [1.807, 2.05) is 49.4 Å². The van der Waals surface area contributed by atoms with E-state index in [1.165, 1.54) is 11.3 Å². The van der Waals surface area contributed by atoms with Crippen LogP contribution in [-0.2, 0) is 10.0 Å². The van der Waals surface area contributed by atoms with Crippen LogP contribution in [0.1, 0.15) is 4.88 Å². The number of fused-ring (bicyclic) bond motifs is 1. The highest BCUT2D eigenvalue weighted by atomic mass is 32.2. The number of sulfonamides is 1. The van der Waals surface area contributed by atoms with Gasteiger partial charge in [-0.3, -0.25) is 9.71 Å². The molecule has 5 nitrogen and oxygen atoms in total. The zero-order valence-electron chi connectivity index (χ0n) is 14.5. The van der Waals surface area contributed by atoms with Gasteiger partial charge in [0.15, 0.2) is 0 Å². The fourth-order valence-corrected chi connectivity index (χ4v) is 5.09. The second kappa shape index (κ2) is 7.02. The van der Waals surface area contributed by atoms with Gasteiger partial charge in [-0.1, -0.05) is 18.2 Å². The molecule has 2 aromatic carbocycles. The number of benzene rings is 2. The lowest BCUT2D eigenvalue weighted by atomic mass is 10.2. The number of rotatable bonds is 5. The summed E-state index contributed by atoms with van der Waals surface area (Å²) in [7, 11) is -3.55. The first-order valence-electron chi connectivity index (χ1n) is 8.31. The Morgan fingerprint density at radius 1 is 0.889 bits per heavy atom. The van der Waals surface area contributed by atoms with E-state index in [4.69, 9.17) is 0 Å². The lowest BCUT2D eigenvalue weighted by molar-refractivity contribution is 0.603. The van der Waals surface area contributed by atoms with Crippen LogP contribution in [0.4, 0.5) is 17.1 Å². The SMILES string of the molecule is Cc1ccc(S(=O)(=O)Nc2ccc(Nc3cccc4cccnc34)cc2)s1. The molecule has 0 aliphatic rings. The normalized spacial score (nSPS) is 11.4. The highest BCUT2D eigenvalue weighted by molar-refractivity contribution is 7.94. The number of nitrogens with zero attached hydrogens (tertiary/aromatic N) is 1. The summed E-state index contributed by atoms with van der Waals surface area (Å²) in [4.78, 5) is 5.38. The van der Waals surface area contributed by atoms with Crippen molar-refractivity contribution in [1.82, 2.24) is 4.98 Å². The molecular formula is C20H17N3O2S2. The predicted octanol–water partition coefficient (Wildman–Crippen LogP) is 5.15. The van der Waals surface area contributed by atoms with Crippen molar-refractivity contribution >= 4 is 49.3 Å². The van der Waals surface area contributed by atoms with Crippen LogP contribution in [0.25, 0.3) is 10.9 Å². The fraction of sp³-hybridized carbons (Fsp3) is 0.0500. The van der Waals surface area contributed by atoms with Crippen LogP contribution in [0.2, 0.25) is 0 Å². The van der Waals surface area contributed by atoms with Gasteiger partial charge in [0.2, 0.25) is 0 Å². The first-order chi connectivity index (χ1) is 13.0. The van der Waals surface area contributed by atoms with Gasteiger partial charge in [-0.15, -0.1) is 11.3 Å². The van der Waals surface area contributed by atoms with E-state index >= 15 is 0 Å². The molecule has 2 aromatic heterocycles. The van der Waals surface area contributed by atoms with Gasteiger partial charge in [0.1, 0.15) is 4.21 Å². The van der Waals surface area contributed by atoms with Crippen molar-refractivity contribution in [2.24, 2.45) is 0 Å². The van der Waals surface area contributed by atoms with Gasteiger partial charge in [0.05, 0.1) is 11.2 Å². The van der Waals surface area contributed by atoms with Crippen molar-refractivity contribution < 1.29 is 8.42 Å². The summed E-state index contributed by atoms with van der Waals surface area (Å²) >= 11 is 1.25. The Balaban J connectivity index is 1.54. The highest BCUT2D eigenvalue weighted by Crippen LogP contribution is 2.27. The summed E-state index contributed by atoms with van der Waals surface area (Å²) in [6.45, 7) is 1.88. The van der Waals surface area contributed by atoms with Crippen LogP contribution >= 0.6 is 11.3 Å². The predicted molar refractivity (Wildman–Crippen MR) is 111 cm³/mol. The topological polar surface area (TPSA) is 71.1 Å². The Hall–Kier alpha value is -2.90. The van der Waals surface area contributed by atoms with E-state index in [0.717, 1.165) is 27.2 Å². The number of pyridine rings is 1. The lowest BCUT2D eigenvalue weighted by Gasteiger charge is -2.11. The quantitative estimate of drug-likeness (QED) is 0.490. The lowest BCUT2D eigenvalue weighted by Crippen LogP contribution is -2.11. The van der Waals surface area contributed by atoms with Crippen molar-refractivity contribution in [3.05, 3.63) is 77.8 Å². The molecule has 2 heterocycles. The van der Waals surface area contributed by atoms with Crippen molar-refractivity contribution in [3.63, 3.8) is 0 Å². The highest BCUT2D eigenvalue weighted by Gasteiger charge is 2.16. The fourth-order valence-electron chi connectivity index (χ4n) is 2.74. The zero-order valence-corrected chi connectivity index (χ0v) is 16.1. The molecule has 0 unspecified atom stereocenters. The van der Waals surface area contributed by atoms with Crippen LogP contribution in [0, 0.1) is 6.92 Å². The number of para-hydroxylation sites is 1. The number of aromatic nitrogens is 1. The van der Waals surface area contributed by atoms with Gasteiger partial charge >= 0.3 is 0 Å². The third-order valence-corrected chi connectivity index (χ3v) is 6.90. The number of nitrogens with one attached hydrogen (secondary N) is 2. The Morgan fingerprint density at radius 3 is 2.37 bits per heavy atom. The first kappa shape index (κ1) is 17.5. The van der Waals surface area contributed by atoms with Crippen molar-refractivity contribution in [3.8, 4) is 0 Å². The maximum absolute atomic E-state index is 12.4. The van der Waals surface area contributed by atoms with E-state index in [-0.39, 0.29) is 0 Å². The van der Waals surface area contributed by atoms with Crippen LogP contribution in [-0.4, -0.2) is 13.4 Å². The van der Waals surface area contributed by atoms with E-state index < -0.39 is 10.0 Å². The number of hydrogen-bond acceptors (Lipinski definition) is 5. The monoisotopic (exact) mass is 395 g/mol. The summed E-state index contributed by atoms with van der Waals surface area (Å²) in [6, 6.07) is 20.4. The third-order valence-electron chi connectivity index (χ3n) is 4.03. The van der Waals surface area contributed by atoms with Gasteiger partial charge in [0, 0.05) is 27.8 Å². The largest absolute Gasteiger partial charge is 0.354 e. The van der Waals surface area contributed by atoms with Crippen LogP contribution in [0.3, 0.4) is 0 Å². The zero-order chi connectivity index (χ0) is 18.9. The van der Waals surface area contributed by atoms with Crippen LogP contribution in [0.5, 0.6) is 0 Å². The van der Waals surface area contributed by atoms with Crippen molar-refractivity contribution in [1.29, 1.82) is 0 Å². The van der Waals surface area contributed by atoms with Crippen LogP contribution in [0.15, 0.2) is 77.1 Å². The minimum absolute atomic E-state index is 0.309. The summed E-state index contributed by atoms with van der Waals surface area (Å²) in [5.41, 5.74) is 3.15. The Labute approximate surface area is 161 Å². The number of thiophene rings is 1. The molecule has 136 valence electrons. The summed E-state index contributed by atoms with van der Waals surface area (Å²) in [5, 5.41) is 4.39. The van der Waals surface area contributed by atoms with E-state index in [9.17, 15) is 8.42 Å². The van der Waals surface area contributed by atoms with Gasteiger partial charge in [-0.25, -0.2) is 8.42 Å². The van der Waals surface area contributed by atoms with E-state index in [2.05, 4.69) is 15.0 Å². The average molecular weight is 396 g/mol. The van der Waals surface area contributed by atoms with E-state index in [0.29, 0.717) is 9.90 Å². The number of aryl methyl sites for hydroxylation is 1. The number of anilines is 3. The van der Waals surface area contributed by atoms with E-state index in [1.54, 1.807) is 30.5 Å². The molecule has 0 amide bonds. The molecule has 0 aliphatic heterocycles. The summed E-state index contributed by atoms with van der Waals surface area (Å²) < 4.78 is 27.7. The molecule has 0 radical (unpaired) electrons. The first-order valence-corrected chi connectivity index (χ1v) is 10.6. The molecule has 7 heteroatoms. The molecule has 0 bridgehead atoms. The smallest absolute Gasteiger partial charge is 0.271 e. The molecule has 0 atom stereocenters. The maximum atomic E-state index is 12.4. The molecule has 0 spiro atoms. The van der Waals surface area contributed by atoms with Gasteiger partial charge in [-0.2, -0.15) is 0 Å². The Bertz CT molecular complexity index is 1190. The van der Waals surface area contributed by atoms with Crippen molar-refractivity contribution in [2.45, 2.75) is 11.1 Å². The second-order valence-electron chi connectivity index (χ2n) is 6.05. The molecule has 0 saturated carbocycles. The minimum atomic E-state index is -3.55. The average Bonchev–Trinajstić information content (AvgIpc) is 3.11. The third kappa shape index (κ3) is 3.79. The van der Waals surface area contributed by atoms with Crippen molar-refractivity contribution in [2.75, 3.05) is 10.0 Å². The molecule has 2 N–H and O–H groups in total. The molecular weight excluding hydrogens is 378 g/mol. The molecule has 27 heavy (non-hydrogen) atoms. The number of hydrogen-bond donors (Lipinski definition) is 2. The molecule has 0 aliphatic carbocycles. The molecule has 0 saturated heterocycles. The maximum Gasteiger partial charge on any atom is 0.271 e. The summed E-state index contributed by atoms with van der Waals surface area (Å²) in [6.07, 6.45) is 1.76. The molecule has 0 fully saturated rings. The Morgan fingerprint density at radius 2 is 1.63 bits per heavy atom. The molecule has 4 rings (SSSR count). The Kier molecular flexibility index (Phi) is 4.55.